The molecule has 1 aromatic heterocycles. The van der Waals surface area contributed by atoms with Crippen LogP contribution in [0.2, 0.25) is 0 Å². The van der Waals surface area contributed by atoms with E-state index < -0.39 is 24.6 Å². The number of aromatic nitrogens is 1. The lowest BCUT2D eigenvalue weighted by Crippen LogP contribution is -2.54. The molecule has 1 aliphatic heterocycles. The van der Waals surface area contributed by atoms with E-state index in [2.05, 4.69) is 4.98 Å². The molecule has 0 bridgehead atoms. The summed E-state index contributed by atoms with van der Waals surface area (Å²) in [5, 5.41) is 9.62. The molecule has 1 aromatic rings. The number of amides is 1. The highest BCUT2D eigenvalue weighted by Gasteiger charge is 2.55. The van der Waals surface area contributed by atoms with E-state index in [9.17, 15) is 23.1 Å². The van der Waals surface area contributed by atoms with Crippen LogP contribution in [0.1, 0.15) is 47.0 Å². The predicted molar refractivity (Wildman–Crippen MR) is 70.2 cm³/mol. The van der Waals surface area contributed by atoms with Gasteiger partial charge in [0.1, 0.15) is 4.88 Å². The average molecular weight is 320 g/mol. The van der Waals surface area contributed by atoms with Crippen molar-refractivity contribution in [3.63, 3.8) is 0 Å². The fraction of sp³-hybridized carbons (Fsp3) is 0.692. The van der Waals surface area contributed by atoms with Crippen LogP contribution in [0.25, 0.3) is 0 Å². The van der Waals surface area contributed by atoms with Crippen LogP contribution in [0.3, 0.4) is 0 Å². The van der Waals surface area contributed by atoms with E-state index in [1.807, 2.05) is 0 Å². The van der Waals surface area contributed by atoms with Crippen molar-refractivity contribution in [2.45, 2.75) is 43.4 Å². The van der Waals surface area contributed by atoms with Gasteiger partial charge in [-0.3, -0.25) is 4.79 Å². The second-order valence-electron chi connectivity index (χ2n) is 5.66. The number of hydrogen-bond acceptors (Lipinski definition) is 4. The third kappa shape index (κ3) is 2.66. The molecule has 0 unspecified atom stereocenters. The van der Waals surface area contributed by atoms with Gasteiger partial charge < -0.3 is 10.0 Å². The summed E-state index contributed by atoms with van der Waals surface area (Å²) in [4.78, 5) is 18.5. The second-order valence-corrected chi connectivity index (χ2v) is 6.52. The number of aliphatic hydroxyl groups is 1. The maximum atomic E-state index is 12.7. The Labute approximate surface area is 123 Å². The van der Waals surface area contributed by atoms with Gasteiger partial charge in [-0.05, 0) is 12.8 Å². The normalized spacial score (nSPS) is 22.4. The smallest absolute Gasteiger partial charge is 0.380 e. The Kier molecular flexibility index (Phi) is 3.48. The Morgan fingerprint density at radius 2 is 2.00 bits per heavy atom. The van der Waals surface area contributed by atoms with Gasteiger partial charge in [-0.25, -0.2) is 4.98 Å². The quantitative estimate of drug-likeness (QED) is 0.911. The summed E-state index contributed by atoms with van der Waals surface area (Å²) in [5.41, 5.74) is -0.283. The Hall–Kier alpha value is -1.15. The van der Waals surface area contributed by atoms with Crippen molar-refractivity contribution in [1.82, 2.24) is 9.88 Å². The van der Waals surface area contributed by atoms with Crippen LogP contribution in [0.15, 0.2) is 5.51 Å². The predicted octanol–water partition coefficient (Wildman–Crippen LogP) is 2.55. The lowest BCUT2D eigenvalue weighted by molar-refractivity contribution is -0.271. The van der Waals surface area contributed by atoms with E-state index >= 15 is 0 Å². The molecule has 8 heteroatoms. The molecule has 116 valence electrons. The van der Waals surface area contributed by atoms with Gasteiger partial charge in [0.05, 0.1) is 11.2 Å². The number of hydrogen-bond donors (Lipinski definition) is 1. The van der Waals surface area contributed by atoms with Crippen LogP contribution in [-0.2, 0) is 0 Å². The first kappa shape index (κ1) is 14.8. The van der Waals surface area contributed by atoms with Crippen LogP contribution < -0.4 is 0 Å². The largest absolute Gasteiger partial charge is 0.417 e. The first-order chi connectivity index (χ1) is 9.82. The van der Waals surface area contributed by atoms with Crippen molar-refractivity contribution in [1.29, 1.82) is 0 Å². The average Bonchev–Trinajstić information content (AvgIpc) is 3.15. The standard InChI is InChI=1S/C13H15F3N2O2S/c14-13(15,16)12(20)3-5-18(6-4-12)11(19)10-9(8-1-2-8)17-7-21-10/h7-8,20H,1-6H2. The topological polar surface area (TPSA) is 53.4 Å². The number of halogens is 3. The van der Waals surface area contributed by atoms with Gasteiger partial charge in [-0.2, -0.15) is 13.2 Å². The van der Waals surface area contributed by atoms with E-state index in [1.54, 1.807) is 5.51 Å². The first-order valence-corrected chi connectivity index (χ1v) is 7.71. The molecule has 1 saturated heterocycles. The summed E-state index contributed by atoms with van der Waals surface area (Å²) in [7, 11) is 0. The summed E-state index contributed by atoms with van der Waals surface area (Å²) in [6.45, 7) is -0.173. The molecule has 0 atom stereocenters. The Balaban J connectivity index is 1.69. The highest BCUT2D eigenvalue weighted by molar-refractivity contribution is 7.11. The number of piperidine rings is 1. The summed E-state index contributed by atoms with van der Waals surface area (Å²) in [5.74, 6) is 0.0655. The zero-order valence-electron chi connectivity index (χ0n) is 11.2. The molecule has 2 heterocycles. The van der Waals surface area contributed by atoms with Gasteiger partial charge in [0, 0.05) is 31.8 Å². The van der Waals surface area contributed by atoms with E-state index in [1.165, 1.54) is 16.2 Å². The highest BCUT2D eigenvalue weighted by Crippen LogP contribution is 2.43. The van der Waals surface area contributed by atoms with Crippen LogP contribution in [0, 0.1) is 0 Å². The van der Waals surface area contributed by atoms with Gasteiger partial charge in [0.25, 0.3) is 5.91 Å². The number of likely N-dealkylation sites (tertiary alicyclic amines) is 1. The minimum absolute atomic E-state index is 0.0865. The Morgan fingerprint density at radius 3 is 2.52 bits per heavy atom. The molecule has 1 saturated carbocycles. The molecule has 0 spiro atoms. The van der Waals surface area contributed by atoms with Gasteiger partial charge in [0.2, 0.25) is 0 Å². The molecule has 2 fully saturated rings. The van der Waals surface area contributed by atoms with Crippen LogP contribution in [-0.4, -0.2) is 45.8 Å². The fourth-order valence-electron chi connectivity index (χ4n) is 2.57. The molecule has 21 heavy (non-hydrogen) atoms. The van der Waals surface area contributed by atoms with Gasteiger partial charge in [-0.1, -0.05) is 0 Å². The fourth-order valence-corrected chi connectivity index (χ4v) is 3.41. The van der Waals surface area contributed by atoms with Crippen LogP contribution in [0.5, 0.6) is 0 Å². The molecule has 3 rings (SSSR count). The number of carbonyl (C=O) groups is 1. The van der Waals surface area contributed by atoms with Crippen molar-refractivity contribution in [3.05, 3.63) is 16.1 Å². The number of nitrogens with zero attached hydrogens (tertiary/aromatic N) is 2. The zero-order chi connectivity index (χ0) is 15.3. The highest BCUT2D eigenvalue weighted by atomic mass is 32.1. The summed E-state index contributed by atoms with van der Waals surface area (Å²) >= 11 is 1.24. The monoisotopic (exact) mass is 320 g/mol. The summed E-state index contributed by atoms with van der Waals surface area (Å²) in [6, 6.07) is 0. The molecule has 1 aliphatic carbocycles. The minimum Gasteiger partial charge on any atom is -0.380 e. The lowest BCUT2D eigenvalue weighted by Gasteiger charge is -2.39. The van der Waals surface area contributed by atoms with Gasteiger partial charge >= 0.3 is 6.18 Å². The zero-order valence-corrected chi connectivity index (χ0v) is 12.0. The third-order valence-corrected chi connectivity index (χ3v) is 4.99. The van der Waals surface area contributed by atoms with Crippen molar-refractivity contribution in [2.24, 2.45) is 0 Å². The molecular formula is C13H15F3N2O2S. The second kappa shape index (κ2) is 4.95. The summed E-state index contributed by atoms with van der Waals surface area (Å²) < 4.78 is 38.2. The number of thiazole rings is 1. The van der Waals surface area contributed by atoms with Gasteiger partial charge in [0.15, 0.2) is 5.60 Å². The number of rotatable bonds is 2. The third-order valence-electron chi connectivity index (χ3n) is 4.16. The van der Waals surface area contributed by atoms with Crippen LogP contribution >= 0.6 is 11.3 Å². The Morgan fingerprint density at radius 1 is 1.38 bits per heavy atom. The van der Waals surface area contributed by atoms with E-state index in [4.69, 9.17) is 0 Å². The molecular weight excluding hydrogens is 305 g/mol. The molecule has 1 N–H and O–H groups in total. The molecule has 0 aromatic carbocycles. The molecule has 4 nitrogen and oxygen atoms in total. The Bertz CT molecular complexity index is 546. The maximum Gasteiger partial charge on any atom is 0.417 e. The molecule has 1 amide bonds. The van der Waals surface area contributed by atoms with Crippen molar-refractivity contribution in [2.75, 3.05) is 13.1 Å². The van der Waals surface area contributed by atoms with E-state index in [0.717, 1.165) is 18.5 Å². The number of alkyl halides is 3. The molecule has 0 radical (unpaired) electrons. The van der Waals surface area contributed by atoms with Gasteiger partial charge in [-0.15, -0.1) is 11.3 Å². The van der Waals surface area contributed by atoms with Crippen molar-refractivity contribution < 1.29 is 23.1 Å². The van der Waals surface area contributed by atoms with E-state index in [0.29, 0.717) is 10.8 Å². The van der Waals surface area contributed by atoms with E-state index in [-0.39, 0.29) is 19.0 Å². The summed E-state index contributed by atoms with van der Waals surface area (Å²) in [6.07, 6.45) is -3.57. The molecule has 2 aliphatic rings. The lowest BCUT2D eigenvalue weighted by atomic mass is 9.90. The maximum absolute atomic E-state index is 12.7. The SMILES string of the molecule is O=C(c1scnc1C1CC1)N1CCC(O)(C(F)(F)F)CC1. The number of carbonyl (C=O) groups excluding carboxylic acids is 1. The van der Waals surface area contributed by atoms with Crippen molar-refractivity contribution in [3.8, 4) is 0 Å². The first-order valence-electron chi connectivity index (χ1n) is 6.83. The van der Waals surface area contributed by atoms with Crippen molar-refractivity contribution >= 4 is 17.2 Å². The minimum atomic E-state index is -4.65. The van der Waals surface area contributed by atoms with Crippen LogP contribution in [0.4, 0.5) is 13.2 Å².